The number of alkyl halides is 3. The highest BCUT2D eigenvalue weighted by atomic mass is 79.9. The molecule has 0 aliphatic carbocycles. The zero-order valence-electron chi connectivity index (χ0n) is 4.11. The van der Waals surface area contributed by atoms with Gasteiger partial charge in [0.15, 0.2) is 0 Å². The number of hydrogen-bond donors (Lipinski definition) is 0. The summed E-state index contributed by atoms with van der Waals surface area (Å²) in [6.45, 7) is 0. The van der Waals surface area contributed by atoms with Crippen LogP contribution in [0.25, 0.3) is 0 Å². The topological polar surface area (TPSA) is 47.6 Å². The SMILES string of the molecule is N#CC(Br)(C#N)C(Cl)Br. The van der Waals surface area contributed by atoms with Crippen molar-refractivity contribution in [2.75, 3.05) is 0 Å². The van der Waals surface area contributed by atoms with Gasteiger partial charge < -0.3 is 0 Å². The van der Waals surface area contributed by atoms with Crippen molar-refractivity contribution in [2.24, 2.45) is 0 Å². The fourth-order valence-electron chi connectivity index (χ4n) is 0.123. The second-order valence-electron chi connectivity index (χ2n) is 1.24. The molecule has 0 aliphatic rings. The van der Waals surface area contributed by atoms with Gasteiger partial charge in [0.05, 0.1) is 12.1 Å². The molecule has 2 nitrogen and oxygen atoms in total. The summed E-state index contributed by atoms with van der Waals surface area (Å²) in [5.41, 5.74) is 0. The summed E-state index contributed by atoms with van der Waals surface area (Å²) in [6, 6.07) is 3.41. The number of nitrogens with zero attached hydrogens (tertiary/aromatic N) is 2. The van der Waals surface area contributed by atoms with Gasteiger partial charge in [-0.25, -0.2) is 0 Å². The van der Waals surface area contributed by atoms with Crippen LogP contribution in [0.4, 0.5) is 0 Å². The number of halogens is 3. The normalized spacial score (nSPS) is 13.4. The molecule has 0 bridgehead atoms. The van der Waals surface area contributed by atoms with Gasteiger partial charge in [0, 0.05) is 0 Å². The summed E-state index contributed by atoms with van der Waals surface area (Å²) in [4.78, 5) is 0. The van der Waals surface area contributed by atoms with Crippen molar-refractivity contribution >= 4 is 43.5 Å². The van der Waals surface area contributed by atoms with Crippen molar-refractivity contribution < 1.29 is 0 Å². The van der Waals surface area contributed by atoms with Gasteiger partial charge in [-0.1, -0.05) is 15.9 Å². The molecule has 0 aliphatic heterocycles. The van der Waals surface area contributed by atoms with Gasteiger partial charge in [0.25, 0.3) is 0 Å². The van der Waals surface area contributed by atoms with Gasteiger partial charge >= 0.3 is 0 Å². The number of hydrogen-bond acceptors (Lipinski definition) is 2. The van der Waals surface area contributed by atoms with Gasteiger partial charge in [-0.2, -0.15) is 10.5 Å². The minimum atomic E-state index is -1.31. The summed E-state index contributed by atoms with van der Waals surface area (Å²) in [5.74, 6) is 0. The van der Waals surface area contributed by atoms with Gasteiger partial charge in [0.2, 0.25) is 4.32 Å². The largest absolute Gasteiger partial charge is 0.223 e. The van der Waals surface area contributed by atoms with Crippen LogP contribution in [-0.2, 0) is 0 Å². The standard InChI is InChI=1S/C4HBr2ClN2/c5-3(7)4(6,1-8)2-9/h3H. The Balaban J connectivity index is 4.39. The Hall–Kier alpha value is 0.230. The molecule has 0 amide bonds. The van der Waals surface area contributed by atoms with E-state index in [0.29, 0.717) is 0 Å². The summed E-state index contributed by atoms with van der Waals surface area (Å²) >= 11 is 11.1. The average molecular weight is 272 g/mol. The summed E-state index contributed by atoms with van der Waals surface area (Å²) in [7, 11) is 0. The molecule has 9 heavy (non-hydrogen) atoms. The predicted molar refractivity (Wildman–Crippen MR) is 41.5 cm³/mol. The fourth-order valence-corrected chi connectivity index (χ4v) is 0.425. The highest BCUT2D eigenvalue weighted by Crippen LogP contribution is 2.29. The van der Waals surface area contributed by atoms with E-state index in [2.05, 4.69) is 31.9 Å². The van der Waals surface area contributed by atoms with Crippen LogP contribution in [0.15, 0.2) is 0 Å². The van der Waals surface area contributed by atoms with Gasteiger partial charge in [0.1, 0.15) is 4.29 Å². The monoisotopic (exact) mass is 270 g/mol. The Morgan fingerprint density at radius 3 is 1.78 bits per heavy atom. The quantitative estimate of drug-likeness (QED) is 0.686. The number of nitriles is 2. The van der Waals surface area contributed by atoms with E-state index in [1.54, 1.807) is 12.1 Å². The fraction of sp³-hybridized carbons (Fsp3) is 0.500. The first-order chi connectivity index (χ1) is 4.06. The Labute approximate surface area is 74.7 Å². The van der Waals surface area contributed by atoms with E-state index in [4.69, 9.17) is 22.1 Å². The third-order valence-electron chi connectivity index (χ3n) is 0.626. The zero-order valence-corrected chi connectivity index (χ0v) is 8.03. The van der Waals surface area contributed by atoms with Crippen LogP contribution in [0.2, 0.25) is 0 Å². The lowest BCUT2D eigenvalue weighted by Crippen LogP contribution is -2.23. The molecular weight excluding hydrogens is 271 g/mol. The lowest BCUT2D eigenvalue weighted by Gasteiger charge is -2.08. The van der Waals surface area contributed by atoms with Crippen LogP contribution in [-0.4, -0.2) is 8.61 Å². The van der Waals surface area contributed by atoms with E-state index in [-0.39, 0.29) is 0 Å². The molecule has 1 unspecified atom stereocenters. The van der Waals surface area contributed by atoms with Crippen molar-refractivity contribution in [3.8, 4) is 12.1 Å². The molecule has 0 rings (SSSR count). The van der Waals surface area contributed by atoms with Crippen molar-refractivity contribution in [3.05, 3.63) is 0 Å². The minimum absolute atomic E-state index is 0.694. The van der Waals surface area contributed by atoms with Crippen molar-refractivity contribution in [1.82, 2.24) is 0 Å². The molecule has 1 atom stereocenters. The van der Waals surface area contributed by atoms with E-state index in [1.807, 2.05) is 0 Å². The molecule has 0 N–H and O–H groups in total. The Kier molecular flexibility index (Phi) is 3.50. The zero-order chi connectivity index (χ0) is 7.49. The molecule has 0 fully saturated rings. The van der Waals surface area contributed by atoms with Crippen molar-refractivity contribution in [2.45, 2.75) is 8.61 Å². The lowest BCUT2D eigenvalue weighted by molar-refractivity contribution is 1.03. The van der Waals surface area contributed by atoms with Crippen LogP contribution >= 0.6 is 43.5 Å². The highest BCUT2D eigenvalue weighted by Gasteiger charge is 2.33. The third-order valence-corrected chi connectivity index (χ3v) is 3.33. The molecule has 48 valence electrons. The first-order valence-corrected chi connectivity index (χ1v) is 4.01. The second-order valence-corrected chi connectivity index (χ2v) is 4.37. The smallest absolute Gasteiger partial charge is 0.195 e. The first-order valence-electron chi connectivity index (χ1n) is 1.86. The van der Waals surface area contributed by atoms with Gasteiger partial charge in [-0.05, 0) is 15.9 Å². The first kappa shape index (κ1) is 9.23. The third kappa shape index (κ3) is 2.14. The molecule has 0 saturated heterocycles. The van der Waals surface area contributed by atoms with Crippen LogP contribution in [0.3, 0.4) is 0 Å². The lowest BCUT2D eigenvalue weighted by atomic mass is 10.2. The molecule has 0 aromatic heterocycles. The summed E-state index contributed by atoms with van der Waals surface area (Å²) in [5, 5.41) is 16.6. The second kappa shape index (κ2) is 3.41. The maximum atomic E-state index is 8.32. The van der Waals surface area contributed by atoms with Gasteiger partial charge in [-0.15, -0.1) is 11.6 Å². The maximum Gasteiger partial charge on any atom is 0.223 e. The summed E-state index contributed by atoms with van der Waals surface area (Å²) in [6.07, 6.45) is 0. The van der Waals surface area contributed by atoms with Crippen LogP contribution < -0.4 is 0 Å². The molecule has 5 heteroatoms. The number of rotatable bonds is 1. The molecule has 0 aromatic rings. The Morgan fingerprint density at radius 2 is 1.78 bits per heavy atom. The molecule has 0 aromatic carbocycles. The van der Waals surface area contributed by atoms with E-state index in [0.717, 1.165) is 0 Å². The summed E-state index contributed by atoms with van der Waals surface area (Å²) < 4.78 is -2.01. The molecular formula is C4HBr2ClN2. The molecule has 0 radical (unpaired) electrons. The Bertz CT molecular complexity index is 164. The van der Waals surface area contributed by atoms with E-state index < -0.39 is 8.61 Å². The van der Waals surface area contributed by atoms with E-state index >= 15 is 0 Å². The highest BCUT2D eigenvalue weighted by molar-refractivity contribution is 9.13. The Morgan fingerprint density at radius 1 is 1.44 bits per heavy atom. The van der Waals surface area contributed by atoms with Gasteiger partial charge in [-0.3, -0.25) is 0 Å². The van der Waals surface area contributed by atoms with E-state index in [1.165, 1.54) is 0 Å². The molecule has 0 spiro atoms. The van der Waals surface area contributed by atoms with Crippen molar-refractivity contribution in [3.63, 3.8) is 0 Å². The molecule has 0 saturated carbocycles. The van der Waals surface area contributed by atoms with Crippen LogP contribution in [0, 0.1) is 22.7 Å². The maximum absolute atomic E-state index is 8.32. The van der Waals surface area contributed by atoms with Crippen LogP contribution in [0.5, 0.6) is 0 Å². The average Bonchev–Trinajstić information content (AvgIpc) is 1.86. The molecule has 0 heterocycles. The van der Waals surface area contributed by atoms with E-state index in [9.17, 15) is 0 Å². The predicted octanol–water partition coefficient (Wildman–Crippen LogP) is 2.13. The van der Waals surface area contributed by atoms with Crippen LogP contribution in [0.1, 0.15) is 0 Å². The minimum Gasteiger partial charge on any atom is -0.195 e. The van der Waals surface area contributed by atoms with Crippen molar-refractivity contribution in [1.29, 1.82) is 10.5 Å².